The molecule has 1 aromatic rings. The predicted molar refractivity (Wildman–Crippen MR) is 112 cm³/mol. The second-order valence-corrected chi connectivity index (χ2v) is 8.70. The van der Waals surface area contributed by atoms with Crippen LogP contribution in [0.2, 0.25) is 0 Å². The van der Waals surface area contributed by atoms with Crippen LogP contribution in [0.3, 0.4) is 0 Å². The first-order chi connectivity index (χ1) is 14.6. The van der Waals surface area contributed by atoms with Gasteiger partial charge in [-0.05, 0) is 55.9 Å². The summed E-state index contributed by atoms with van der Waals surface area (Å²) in [4.78, 5) is 29.9. The molecule has 0 bridgehead atoms. The molecule has 2 heterocycles. The summed E-state index contributed by atoms with van der Waals surface area (Å²) in [6.07, 6.45) is 6.77. The number of rotatable bonds is 6. The minimum absolute atomic E-state index is 0.0742. The maximum atomic E-state index is 13.1. The molecule has 1 aromatic carbocycles. The molecule has 30 heavy (non-hydrogen) atoms. The zero-order valence-corrected chi connectivity index (χ0v) is 17.5. The third kappa shape index (κ3) is 5.01. The minimum atomic E-state index is -0.343. The van der Waals surface area contributed by atoms with Gasteiger partial charge in [-0.25, -0.2) is 4.39 Å². The van der Waals surface area contributed by atoms with Gasteiger partial charge in [0.05, 0.1) is 12.1 Å². The molecule has 3 fully saturated rings. The molecule has 1 saturated carbocycles. The molecule has 1 aliphatic carbocycles. The van der Waals surface area contributed by atoms with Crippen LogP contribution in [0.5, 0.6) is 0 Å². The normalized spacial score (nSPS) is 24.2. The zero-order chi connectivity index (χ0) is 20.9. The molecule has 2 saturated heterocycles. The summed E-state index contributed by atoms with van der Waals surface area (Å²) in [5, 5.41) is 3.14. The lowest BCUT2D eigenvalue weighted by Crippen LogP contribution is -2.58. The van der Waals surface area contributed by atoms with Gasteiger partial charge in [0.25, 0.3) is 5.91 Å². The number of carbonyl (C=O) groups excluding carboxylic acids is 2. The first-order valence-corrected chi connectivity index (χ1v) is 11.3. The van der Waals surface area contributed by atoms with Crippen molar-refractivity contribution in [1.82, 2.24) is 15.1 Å². The summed E-state index contributed by atoms with van der Waals surface area (Å²) in [6, 6.07) is 5.57. The largest absolute Gasteiger partial charge is 0.376 e. The molecular weight excluding hydrogens is 385 g/mol. The Balaban J connectivity index is 1.35. The summed E-state index contributed by atoms with van der Waals surface area (Å²) in [7, 11) is 0. The van der Waals surface area contributed by atoms with E-state index in [1.807, 2.05) is 0 Å². The fourth-order valence-electron chi connectivity index (χ4n) is 5.05. The number of ether oxygens (including phenoxy) is 1. The summed E-state index contributed by atoms with van der Waals surface area (Å²) < 4.78 is 18.8. The van der Waals surface area contributed by atoms with Gasteiger partial charge in [0.15, 0.2) is 0 Å². The number of amides is 2. The zero-order valence-electron chi connectivity index (χ0n) is 17.5. The number of benzene rings is 1. The maximum absolute atomic E-state index is 13.1. The molecule has 164 valence electrons. The van der Waals surface area contributed by atoms with Crippen molar-refractivity contribution in [3.8, 4) is 0 Å². The van der Waals surface area contributed by atoms with Gasteiger partial charge in [0, 0.05) is 44.9 Å². The summed E-state index contributed by atoms with van der Waals surface area (Å²) in [6.45, 7) is 3.90. The maximum Gasteiger partial charge on any atom is 0.253 e. The summed E-state index contributed by atoms with van der Waals surface area (Å²) >= 11 is 0. The van der Waals surface area contributed by atoms with Crippen LogP contribution in [0, 0.1) is 11.7 Å². The Kier molecular flexibility index (Phi) is 7.00. The first-order valence-electron chi connectivity index (χ1n) is 11.3. The third-order valence-corrected chi connectivity index (χ3v) is 6.73. The average Bonchev–Trinajstić information content (AvgIpc) is 3.48. The molecule has 7 heteroatoms. The Morgan fingerprint density at radius 3 is 2.37 bits per heavy atom. The highest BCUT2D eigenvalue weighted by Gasteiger charge is 2.37. The standard InChI is InChI=1S/C23H32FN3O3/c24-19-9-7-18(8-10-19)23(29)27-13-11-26(12-14-27)21(17-4-1-2-5-17)22(28)25-16-20-6-3-15-30-20/h7-10,17,20-21H,1-6,11-16H2,(H,25,28)/t20-,21+/m1/s1. The molecule has 2 atom stereocenters. The van der Waals surface area contributed by atoms with Crippen molar-refractivity contribution >= 4 is 11.8 Å². The first kappa shape index (κ1) is 21.2. The van der Waals surface area contributed by atoms with E-state index < -0.39 is 0 Å². The third-order valence-electron chi connectivity index (χ3n) is 6.73. The van der Waals surface area contributed by atoms with Gasteiger partial charge in [-0.1, -0.05) is 12.8 Å². The Morgan fingerprint density at radius 2 is 1.73 bits per heavy atom. The van der Waals surface area contributed by atoms with Crippen LogP contribution in [-0.4, -0.2) is 73.1 Å². The van der Waals surface area contributed by atoms with E-state index in [1.165, 1.54) is 37.1 Å². The van der Waals surface area contributed by atoms with Crippen molar-refractivity contribution < 1.29 is 18.7 Å². The van der Waals surface area contributed by atoms with Crippen molar-refractivity contribution in [1.29, 1.82) is 0 Å². The molecule has 1 N–H and O–H groups in total. The Morgan fingerprint density at radius 1 is 1.03 bits per heavy atom. The molecule has 0 spiro atoms. The van der Waals surface area contributed by atoms with Crippen LogP contribution in [0.15, 0.2) is 24.3 Å². The number of hydrogen-bond donors (Lipinski definition) is 1. The second kappa shape index (κ2) is 9.88. The highest BCUT2D eigenvalue weighted by atomic mass is 19.1. The van der Waals surface area contributed by atoms with E-state index in [0.29, 0.717) is 44.2 Å². The Hall–Kier alpha value is -1.99. The van der Waals surface area contributed by atoms with Crippen molar-refractivity contribution in [2.24, 2.45) is 5.92 Å². The fourth-order valence-corrected chi connectivity index (χ4v) is 5.05. The Bertz CT molecular complexity index is 722. The highest BCUT2D eigenvalue weighted by Crippen LogP contribution is 2.31. The van der Waals surface area contributed by atoms with Crippen LogP contribution >= 0.6 is 0 Å². The summed E-state index contributed by atoms with van der Waals surface area (Å²) in [5.41, 5.74) is 0.506. The molecule has 6 nitrogen and oxygen atoms in total. The fraction of sp³-hybridized carbons (Fsp3) is 0.652. The van der Waals surface area contributed by atoms with Crippen LogP contribution in [-0.2, 0) is 9.53 Å². The molecule has 4 rings (SSSR count). The lowest BCUT2D eigenvalue weighted by atomic mass is 9.94. The van der Waals surface area contributed by atoms with Crippen LogP contribution in [0.4, 0.5) is 4.39 Å². The lowest BCUT2D eigenvalue weighted by molar-refractivity contribution is -0.129. The van der Waals surface area contributed by atoms with Crippen molar-refractivity contribution in [3.05, 3.63) is 35.6 Å². The SMILES string of the molecule is O=C(NC[C@H]1CCCO1)[C@H](C1CCCC1)N1CCN(C(=O)c2ccc(F)cc2)CC1. The highest BCUT2D eigenvalue weighted by molar-refractivity contribution is 5.94. The number of piperazine rings is 1. The van der Waals surface area contributed by atoms with Crippen LogP contribution in [0.25, 0.3) is 0 Å². The van der Waals surface area contributed by atoms with Crippen LogP contribution in [0.1, 0.15) is 48.9 Å². The average molecular weight is 418 g/mol. The van der Waals surface area contributed by atoms with E-state index in [-0.39, 0.29) is 29.8 Å². The molecule has 0 unspecified atom stereocenters. The van der Waals surface area contributed by atoms with Gasteiger partial charge in [-0.2, -0.15) is 0 Å². The number of hydrogen-bond acceptors (Lipinski definition) is 4. The number of halogens is 1. The van der Waals surface area contributed by atoms with Crippen molar-refractivity contribution in [2.75, 3.05) is 39.3 Å². The van der Waals surface area contributed by atoms with Gasteiger partial charge in [-0.3, -0.25) is 14.5 Å². The molecule has 2 amide bonds. The molecular formula is C23H32FN3O3. The smallest absolute Gasteiger partial charge is 0.253 e. The quantitative estimate of drug-likeness (QED) is 0.772. The molecule has 3 aliphatic rings. The number of nitrogens with zero attached hydrogens (tertiary/aromatic N) is 2. The van der Waals surface area contributed by atoms with E-state index >= 15 is 0 Å². The summed E-state index contributed by atoms with van der Waals surface area (Å²) in [5.74, 6) is 0.0734. The van der Waals surface area contributed by atoms with Crippen LogP contribution < -0.4 is 5.32 Å². The van der Waals surface area contributed by atoms with E-state index in [2.05, 4.69) is 10.2 Å². The Labute approximate surface area is 177 Å². The molecule has 0 radical (unpaired) electrons. The van der Waals surface area contributed by atoms with E-state index in [9.17, 15) is 14.0 Å². The van der Waals surface area contributed by atoms with E-state index in [4.69, 9.17) is 4.74 Å². The van der Waals surface area contributed by atoms with Gasteiger partial charge in [0.1, 0.15) is 5.82 Å². The van der Waals surface area contributed by atoms with Gasteiger partial charge >= 0.3 is 0 Å². The predicted octanol–water partition coefficient (Wildman–Crippen LogP) is 2.44. The van der Waals surface area contributed by atoms with Gasteiger partial charge in [0.2, 0.25) is 5.91 Å². The number of carbonyl (C=O) groups is 2. The van der Waals surface area contributed by atoms with E-state index in [0.717, 1.165) is 32.3 Å². The second-order valence-electron chi connectivity index (χ2n) is 8.70. The number of nitrogens with one attached hydrogen (secondary N) is 1. The molecule has 2 aliphatic heterocycles. The minimum Gasteiger partial charge on any atom is -0.376 e. The topological polar surface area (TPSA) is 61.9 Å². The lowest BCUT2D eigenvalue weighted by Gasteiger charge is -2.41. The van der Waals surface area contributed by atoms with E-state index in [1.54, 1.807) is 4.90 Å². The van der Waals surface area contributed by atoms with Gasteiger partial charge in [-0.15, -0.1) is 0 Å². The molecule has 0 aromatic heterocycles. The monoisotopic (exact) mass is 417 g/mol. The van der Waals surface area contributed by atoms with Crippen molar-refractivity contribution in [2.45, 2.75) is 50.7 Å². The van der Waals surface area contributed by atoms with Crippen molar-refractivity contribution in [3.63, 3.8) is 0 Å². The van der Waals surface area contributed by atoms with Gasteiger partial charge < -0.3 is 15.0 Å².